The van der Waals surface area contributed by atoms with Crippen LogP contribution in [0, 0.1) is 11.8 Å². The van der Waals surface area contributed by atoms with Crippen molar-refractivity contribution in [3.8, 4) is 11.5 Å². The molecule has 150 valence electrons. The molecule has 1 unspecified atom stereocenters. The fraction of sp³-hybridized carbons (Fsp3) is 0.619. The first-order valence-corrected chi connectivity index (χ1v) is 9.77. The average molecular weight is 376 g/mol. The van der Waals surface area contributed by atoms with Crippen LogP contribution in [0.1, 0.15) is 51.5 Å². The molecule has 1 fully saturated rings. The van der Waals surface area contributed by atoms with Gasteiger partial charge in [-0.25, -0.2) is 0 Å². The van der Waals surface area contributed by atoms with Gasteiger partial charge in [0.05, 0.1) is 14.2 Å². The minimum absolute atomic E-state index is 0.0159. The van der Waals surface area contributed by atoms with E-state index < -0.39 is 0 Å². The molecule has 0 bridgehead atoms. The highest BCUT2D eigenvalue weighted by Gasteiger charge is 2.30. The predicted molar refractivity (Wildman–Crippen MR) is 105 cm³/mol. The van der Waals surface area contributed by atoms with Crippen LogP contribution in [-0.4, -0.2) is 32.1 Å². The van der Waals surface area contributed by atoms with Crippen LogP contribution < -0.4 is 20.1 Å². The Morgan fingerprint density at radius 2 is 1.63 bits per heavy atom. The first-order chi connectivity index (χ1) is 13.0. The first kappa shape index (κ1) is 21.1. The van der Waals surface area contributed by atoms with Gasteiger partial charge in [0.1, 0.15) is 0 Å². The van der Waals surface area contributed by atoms with Gasteiger partial charge in [-0.3, -0.25) is 9.59 Å². The van der Waals surface area contributed by atoms with Crippen LogP contribution in [0.5, 0.6) is 11.5 Å². The summed E-state index contributed by atoms with van der Waals surface area (Å²) in [6.45, 7) is 4.53. The predicted octanol–water partition coefficient (Wildman–Crippen LogP) is 3.04. The molecule has 1 aromatic carbocycles. The molecule has 1 aliphatic carbocycles. The lowest BCUT2D eigenvalue weighted by Crippen LogP contribution is -2.40. The van der Waals surface area contributed by atoms with Crippen molar-refractivity contribution in [1.82, 2.24) is 10.6 Å². The molecule has 6 heteroatoms. The Labute approximate surface area is 162 Å². The summed E-state index contributed by atoms with van der Waals surface area (Å²) in [4.78, 5) is 24.7. The van der Waals surface area contributed by atoms with Gasteiger partial charge in [0.15, 0.2) is 11.5 Å². The molecule has 1 atom stereocenters. The maximum atomic E-state index is 12.5. The molecule has 0 aromatic heterocycles. The summed E-state index contributed by atoms with van der Waals surface area (Å²) in [5.74, 6) is 1.53. The van der Waals surface area contributed by atoms with E-state index in [0.29, 0.717) is 18.0 Å². The highest BCUT2D eigenvalue weighted by Crippen LogP contribution is 2.30. The highest BCUT2D eigenvalue weighted by molar-refractivity contribution is 5.81. The number of hydrogen-bond acceptors (Lipinski definition) is 4. The lowest BCUT2D eigenvalue weighted by atomic mass is 9.81. The van der Waals surface area contributed by atoms with Gasteiger partial charge < -0.3 is 20.1 Å². The third-order valence-corrected chi connectivity index (χ3v) is 5.38. The van der Waals surface area contributed by atoms with Crippen LogP contribution in [0.25, 0.3) is 0 Å². The molecule has 0 heterocycles. The van der Waals surface area contributed by atoms with E-state index >= 15 is 0 Å². The monoisotopic (exact) mass is 376 g/mol. The summed E-state index contributed by atoms with van der Waals surface area (Å²) in [5, 5.41) is 6.06. The quantitative estimate of drug-likeness (QED) is 0.731. The average Bonchev–Trinajstić information content (AvgIpc) is 2.71. The van der Waals surface area contributed by atoms with E-state index in [1.807, 2.05) is 25.1 Å². The second-order valence-electron chi connectivity index (χ2n) is 7.27. The number of benzene rings is 1. The van der Waals surface area contributed by atoms with E-state index in [1.165, 1.54) is 0 Å². The lowest BCUT2D eigenvalue weighted by Gasteiger charge is -2.28. The largest absolute Gasteiger partial charge is 0.493 e. The fourth-order valence-electron chi connectivity index (χ4n) is 3.40. The number of hydrogen-bond donors (Lipinski definition) is 2. The summed E-state index contributed by atoms with van der Waals surface area (Å²) >= 11 is 0. The van der Waals surface area contributed by atoms with E-state index in [9.17, 15) is 9.59 Å². The number of carbonyl (C=O) groups is 2. The summed E-state index contributed by atoms with van der Waals surface area (Å²) in [6.07, 6.45) is 4.00. The number of ether oxygens (including phenoxy) is 2. The van der Waals surface area contributed by atoms with Crippen LogP contribution >= 0.6 is 0 Å². The molecule has 1 aromatic rings. The SMILES string of the molecule is CCC(C)NC(=O)C1CCC(C(=O)NCc2ccc(OC)c(OC)c2)CC1. The number of nitrogens with one attached hydrogen (secondary N) is 2. The van der Waals surface area contributed by atoms with Crippen molar-refractivity contribution < 1.29 is 19.1 Å². The molecule has 0 radical (unpaired) electrons. The Balaban J connectivity index is 1.80. The number of amides is 2. The van der Waals surface area contributed by atoms with E-state index in [1.54, 1.807) is 14.2 Å². The van der Waals surface area contributed by atoms with Gasteiger partial charge in [-0.1, -0.05) is 13.0 Å². The van der Waals surface area contributed by atoms with Crippen molar-refractivity contribution in [3.05, 3.63) is 23.8 Å². The zero-order chi connectivity index (χ0) is 19.8. The van der Waals surface area contributed by atoms with Crippen molar-refractivity contribution in [3.63, 3.8) is 0 Å². The zero-order valence-electron chi connectivity index (χ0n) is 16.8. The Morgan fingerprint density at radius 1 is 1.04 bits per heavy atom. The number of methoxy groups -OCH3 is 2. The molecule has 27 heavy (non-hydrogen) atoms. The molecular formula is C21H32N2O4. The zero-order valence-corrected chi connectivity index (χ0v) is 16.8. The van der Waals surface area contributed by atoms with Crippen LogP contribution in [0.15, 0.2) is 18.2 Å². The Hall–Kier alpha value is -2.24. The van der Waals surface area contributed by atoms with Crippen LogP contribution in [0.4, 0.5) is 0 Å². The van der Waals surface area contributed by atoms with Gasteiger partial charge in [0, 0.05) is 24.4 Å². The summed E-state index contributed by atoms with van der Waals surface area (Å²) < 4.78 is 10.5. The third kappa shape index (κ3) is 5.88. The van der Waals surface area contributed by atoms with Gasteiger partial charge in [-0.15, -0.1) is 0 Å². The molecule has 2 amide bonds. The minimum Gasteiger partial charge on any atom is -0.493 e. The molecule has 0 saturated heterocycles. The van der Waals surface area contributed by atoms with Gasteiger partial charge in [0.2, 0.25) is 11.8 Å². The molecule has 2 rings (SSSR count). The van der Waals surface area contributed by atoms with Crippen LogP contribution in [0.3, 0.4) is 0 Å². The van der Waals surface area contributed by atoms with E-state index in [-0.39, 0.29) is 29.7 Å². The number of rotatable bonds is 8. The van der Waals surface area contributed by atoms with Crippen LogP contribution in [0.2, 0.25) is 0 Å². The Bertz CT molecular complexity index is 639. The summed E-state index contributed by atoms with van der Waals surface area (Å²) in [5.41, 5.74) is 0.961. The fourth-order valence-corrected chi connectivity index (χ4v) is 3.40. The molecule has 0 aliphatic heterocycles. The standard InChI is InChI=1S/C21H32N2O4/c1-5-14(2)23-21(25)17-9-7-16(8-10-17)20(24)22-13-15-6-11-18(26-3)19(12-15)27-4/h6,11-12,14,16-17H,5,7-10,13H2,1-4H3,(H,22,24)(H,23,25). The molecule has 1 saturated carbocycles. The maximum Gasteiger partial charge on any atom is 0.223 e. The van der Waals surface area contributed by atoms with Gasteiger partial charge in [0.25, 0.3) is 0 Å². The highest BCUT2D eigenvalue weighted by atomic mass is 16.5. The smallest absolute Gasteiger partial charge is 0.223 e. The van der Waals surface area contributed by atoms with Gasteiger partial charge in [-0.2, -0.15) is 0 Å². The Morgan fingerprint density at radius 3 is 2.19 bits per heavy atom. The third-order valence-electron chi connectivity index (χ3n) is 5.38. The van der Waals surface area contributed by atoms with Crippen molar-refractivity contribution in [2.45, 2.75) is 58.5 Å². The van der Waals surface area contributed by atoms with Gasteiger partial charge in [-0.05, 0) is 56.7 Å². The second kappa shape index (κ2) is 10.2. The lowest BCUT2D eigenvalue weighted by molar-refractivity contribution is -0.131. The molecule has 2 N–H and O–H groups in total. The molecule has 6 nitrogen and oxygen atoms in total. The minimum atomic E-state index is -0.0159. The Kier molecular flexibility index (Phi) is 7.95. The molecule has 0 spiro atoms. The van der Waals surface area contributed by atoms with Crippen molar-refractivity contribution in [2.75, 3.05) is 14.2 Å². The summed E-state index contributed by atoms with van der Waals surface area (Å²) in [7, 11) is 3.19. The molecule has 1 aliphatic rings. The van der Waals surface area contributed by atoms with E-state index in [4.69, 9.17) is 9.47 Å². The topological polar surface area (TPSA) is 76.7 Å². The van der Waals surface area contributed by atoms with Crippen molar-refractivity contribution in [2.24, 2.45) is 11.8 Å². The maximum absolute atomic E-state index is 12.5. The van der Waals surface area contributed by atoms with E-state index in [0.717, 1.165) is 37.7 Å². The second-order valence-corrected chi connectivity index (χ2v) is 7.27. The van der Waals surface area contributed by atoms with Gasteiger partial charge >= 0.3 is 0 Å². The normalized spacial score (nSPS) is 20.4. The summed E-state index contributed by atoms with van der Waals surface area (Å²) in [6, 6.07) is 5.83. The van der Waals surface area contributed by atoms with Crippen LogP contribution in [-0.2, 0) is 16.1 Å². The van der Waals surface area contributed by atoms with Crippen molar-refractivity contribution >= 4 is 11.8 Å². The number of carbonyl (C=O) groups excluding carboxylic acids is 2. The first-order valence-electron chi connectivity index (χ1n) is 9.77. The van der Waals surface area contributed by atoms with Crippen molar-refractivity contribution in [1.29, 1.82) is 0 Å². The van der Waals surface area contributed by atoms with E-state index in [2.05, 4.69) is 17.6 Å². The molecular weight excluding hydrogens is 344 g/mol.